The predicted molar refractivity (Wildman–Crippen MR) is 90.2 cm³/mol. The van der Waals surface area contributed by atoms with E-state index in [0.717, 1.165) is 24.1 Å². The average Bonchev–Trinajstić information content (AvgIpc) is 3.22. The fourth-order valence-electron chi connectivity index (χ4n) is 3.04. The first kappa shape index (κ1) is 17.1. The third kappa shape index (κ3) is 4.20. The number of rotatable bonds is 5. The van der Waals surface area contributed by atoms with Crippen LogP contribution in [0.1, 0.15) is 42.8 Å². The second-order valence-corrected chi connectivity index (χ2v) is 6.31. The quantitative estimate of drug-likeness (QED) is 0.874. The second-order valence-electron chi connectivity index (χ2n) is 6.31. The minimum Gasteiger partial charge on any atom is -0.351 e. The van der Waals surface area contributed by atoms with Gasteiger partial charge in [0.25, 0.3) is 0 Å². The number of carbonyl (C=O) groups excluding carboxylic acids is 2. The number of nitrogens with zero attached hydrogens (tertiary/aromatic N) is 5. The summed E-state index contributed by atoms with van der Waals surface area (Å²) in [7, 11) is 0. The van der Waals surface area contributed by atoms with Crippen molar-refractivity contribution in [3.05, 3.63) is 41.7 Å². The molecule has 0 radical (unpaired) electrons. The van der Waals surface area contributed by atoms with E-state index in [1.54, 1.807) is 23.3 Å². The summed E-state index contributed by atoms with van der Waals surface area (Å²) in [5.74, 6) is -0.0842. The van der Waals surface area contributed by atoms with Crippen molar-refractivity contribution in [2.75, 3.05) is 6.54 Å². The van der Waals surface area contributed by atoms with Crippen molar-refractivity contribution in [1.29, 1.82) is 0 Å². The molecule has 2 aromatic heterocycles. The molecule has 132 valence electrons. The standard InChI is InChI=1S/C17H22N6O2/c1-12-6-20-22(10-12)11-17(25)23-5-3-4-16(23)15-9-18-7-14(21-15)8-19-13(2)24/h6-7,9-10,16H,3-5,8,11H2,1-2H3,(H,19,24). The van der Waals surface area contributed by atoms with Crippen molar-refractivity contribution in [3.63, 3.8) is 0 Å². The van der Waals surface area contributed by atoms with E-state index in [9.17, 15) is 9.59 Å². The molecule has 0 saturated carbocycles. The van der Waals surface area contributed by atoms with Crippen LogP contribution in [-0.2, 0) is 22.7 Å². The zero-order valence-electron chi connectivity index (χ0n) is 14.5. The first-order valence-corrected chi connectivity index (χ1v) is 8.36. The molecule has 0 aliphatic carbocycles. The summed E-state index contributed by atoms with van der Waals surface area (Å²) in [4.78, 5) is 34.4. The van der Waals surface area contributed by atoms with E-state index in [4.69, 9.17) is 0 Å². The number of hydrogen-bond donors (Lipinski definition) is 1. The number of aryl methyl sites for hydroxylation is 1. The van der Waals surface area contributed by atoms with E-state index in [1.807, 2.05) is 18.0 Å². The molecule has 1 N–H and O–H groups in total. The fourth-order valence-corrected chi connectivity index (χ4v) is 3.04. The molecule has 8 nitrogen and oxygen atoms in total. The average molecular weight is 342 g/mol. The molecular weight excluding hydrogens is 320 g/mol. The third-order valence-electron chi connectivity index (χ3n) is 4.20. The highest BCUT2D eigenvalue weighted by molar-refractivity contribution is 5.76. The Hall–Kier alpha value is -2.77. The molecular formula is C17H22N6O2. The van der Waals surface area contributed by atoms with Crippen LogP contribution >= 0.6 is 0 Å². The van der Waals surface area contributed by atoms with Gasteiger partial charge >= 0.3 is 0 Å². The summed E-state index contributed by atoms with van der Waals surface area (Å²) in [6.07, 6.45) is 8.73. The largest absolute Gasteiger partial charge is 0.351 e. The Labute approximate surface area is 146 Å². The molecule has 0 aromatic carbocycles. The monoisotopic (exact) mass is 342 g/mol. The van der Waals surface area contributed by atoms with Gasteiger partial charge in [0, 0.05) is 19.7 Å². The minimum absolute atomic E-state index is 0.0275. The summed E-state index contributed by atoms with van der Waals surface area (Å²) in [6.45, 7) is 4.68. The first-order chi connectivity index (χ1) is 12.0. The topological polar surface area (TPSA) is 93.0 Å². The highest BCUT2D eigenvalue weighted by Gasteiger charge is 2.31. The maximum atomic E-state index is 12.7. The Morgan fingerprint density at radius 1 is 1.32 bits per heavy atom. The smallest absolute Gasteiger partial charge is 0.244 e. The molecule has 1 aliphatic heterocycles. The zero-order valence-corrected chi connectivity index (χ0v) is 14.5. The van der Waals surface area contributed by atoms with E-state index in [-0.39, 0.29) is 24.4 Å². The molecule has 25 heavy (non-hydrogen) atoms. The van der Waals surface area contributed by atoms with E-state index in [2.05, 4.69) is 20.4 Å². The SMILES string of the molecule is CC(=O)NCc1cncc(C2CCCN2C(=O)Cn2cc(C)cn2)n1. The number of hydrogen-bond acceptors (Lipinski definition) is 5. The lowest BCUT2D eigenvalue weighted by Crippen LogP contribution is -2.34. The van der Waals surface area contributed by atoms with Gasteiger partial charge in [0.1, 0.15) is 6.54 Å². The van der Waals surface area contributed by atoms with Gasteiger partial charge in [0.05, 0.1) is 42.6 Å². The van der Waals surface area contributed by atoms with Gasteiger partial charge in [-0.05, 0) is 25.3 Å². The van der Waals surface area contributed by atoms with Gasteiger partial charge in [0.2, 0.25) is 11.8 Å². The van der Waals surface area contributed by atoms with E-state index < -0.39 is 0 Å². The maximum absolute atomic E-state index is 12.7. The molecule has 3 rings (SSSR count). The lowest BCUT2D eigenvalue weighted by Gasteiger charge is -2.24. The van der Waals surface area contributed by atoms with Crippen LogP contribution in [0.5, 0.6) is 0 Å². The molecule has 2 amide bonds. The van der Waals surface area contributed by atoms with E-state index in [0.29, 0.717) is 18.8 Å². The number of nitrogens with one attached hydrogen (secondary N) is 1. The minimum atomic E-state index is -0.112. The Balaban J connectivity index is 1.71. The van der Waals surface area contributed by atoms with E-state index in [1.165, 1.54) is 6.92 Å². The molecule has 1 unspecified atom stereocenters. The summed E-state index contributed by atoms with van der Waals surface area (Å²) in [6, 6.07) is -0.0751. The van der Waals surface area contributed by atoms with Crippen LogP contribution in [0.2, 0.25) is 0 Å². The van der Waals surface area contributed by atoms with Crippen molar-refractivity contribution in [1.82, 2.24) is 30.0 Å². The molecule has 3 heterocycles. The van der Waals surface area contributed by atoms with Crippen LogP contribution in [0.25, 0.3) is 0 Å². The van der Waals surface area contributed by atoms with E-state index >= 15 is 0 Å². The van der Waals surface area contributed by atoms with Crippen LogP contribution < -0.4 is 5.32 Å². The Morgan fingerprint density at radius 3 is 2.88 bits per heavy atom. The number of likely N-dealkylation sites (tertiary alicyclic amines) is 1. The van der Waals surface area contributed by atoms with Crippen molar-refractivity contribution in [3.8, 4) is 0 Å². The highest BCUT2D eigenvalue weighted by atomic mass is 16.2. The van der Waals surface area contributed by atoms with Gasteiger partial charge in [-0.3, -0.25) is 24.2 Å². The Morgan fingerprint density at radius 2 is 2.16 bits per heavy atom. The van der Waals surface area contributed by atoms with Gasteiger partial charge < -0.3 is 10.2 Å². The van der Waals surface area contributed by atoms with Gasteiger partial charge in [-0.2, -0.15) is 5.10 Å². The number of aromatic nitrogens is 4. The van der Waals surface area contributed by atoms with Gasteiger partial charge in [-0.15, -0.1) is 0 Å². The summed E-state index contributed by atoms with van der Waals surface area (Å²) in [5.41, 5.74) is 2.49. The molecule has 1 aliphatic rings. The predicted octanol–water partition coefficient (Wildman–Crippen LogP) is 0.981. The molecule has 0 bridgehead atoms. The molecule has 1 saturated heterocycles. The third-order valence-corrected chi connectivity index (χ3v) is 4.20. The zero-order chi connectivity index (χ0) is 17.8. The summed E-state index contributed by atoms with van der Waals surface area (Å²) in [5, 5.41) is 6.90. The van der Waals surface area contributed by atoms with Crippen LogP contribution in [0.3, 0.4) is 0 Å². The highest BCUT2D eigenvalue weighted by Crippen LogP contribution is 2.30. The van der Waals surface area contributed by atoms with Crippen molar-refractivity contribution >= 4 is 11.8 Å². The van der Waals surface area contributed by atoms with Crippen LogP contribution in [-0.4, -0.2) is 43.0 Å². The fraction of sp³-hybridized carbons (Fsp3) is 0.471. The van der Waals surface area contributed by atoms with Crippen LogP contribution in [0.4, 0.5) is 0 Å². The maximum Gasteiger partial charge on any atom is 0.244 e. The summed E-state index contributed by atoms with van der Waals surface area (Å²) < 4.78 is 1.66. The normalized spacial score (nSPS) is 16.9. The lowest BCUT2D eigenvalue weighted by molar-refractivity contribution is -0.133. The van der Waals surface area contributed by atoms with Crippen LogP contribution in [0.15, 0.2) is 24.8 Å². The second kappa shape index (κ2) is 7.42. The molecule has 2 aromatic rings. The molecule has 8 heteroatoms. The van der Waals surface area contributed by atoms with Crippen molar-refractivity contribution < 1.29 is 9.59 Å². The van der Waals surface area contributed by atoms with Crippen LogP contribution in [0, 0.1) is 6.92 Å². The molecule has 1 atom stereocenters. The first-order valence-electron chi connectivity index (χ1n) is 8.36. The Kier molecular flexibility index (Phi) is 5.06. The van der Waals surface area contributed by atoms with Gasteiger partial charge in [-0.1, -0.05) is 0 Å². The number of carbonyl (C=O) groups is 2. The lowest BCUT2D eigenvalue weighted by atomic mass is 10.1. The van der Waals surface area contributed by atoms with Crippen molar-refractivity contribution in [2.24, 2.45) is 0 Å². The molecule has 0 spiro atoms. The molecule has 1 fully saturated rings. The summed E-state index contributed by atoms with van der Waals surface area (Å²) >= 11 is 0. The van der Waals surface area contributed by atoms with Crippen molar-refractivity contribution in [2.45, 2.75) is 45.8 Å². The van der Waals surface area contributed by atoms with Gasteiger partial charge in [-0.25, -0.2) is 0 Å². The van der Waals surface area contributed by atoms with Gasteiger partial charge in [0.15, 0.2) is 0 Å². The Bertz CT molecular complexity index is 772. The number of amides is 2.